The molecule has 4 nitrogen and oxygen atoms in total. The minimum Gasteiger partial charge on any atom is -0.302 e. The maximum Gasteiger partial charge on any atom is 0.271 e. The molecular weight excluding hydrogens is 200 g/mol. The second-order valence-corrected chi connectivity index (χ2v) is 4.02. The van der Waals surface area contributed by atoms with Crippen molar-refractivity contribution in [3.05, 3.63) is 22.9 Å². The highest BCUT2D eigenvalue weighted by molar-refractivity contribution is 7.86. The van der Waals surface area contributed by atoms with Gasteiger partial charge in [-0.1, -0.05) is 12.1 Å². The average Bonchev–Trinajstić information content (AvgIpc) is 2.38. The number of hydrogen-bond donors (Lipinski definition) is 1. The van der Waals surface area contributed by atoms with Crippen LogP contribution >= 0.6 is 11.3 Å². The van der Waals surface area contributed by atoms with E-state index in [4.69, 9.17) is 4.55 Å². The van der Waals surface area contributed by atoms with Crippen LogP contribution in [0.5, 0.6) is 0 Å². The Morgan fingerprint density at radius 3 is 1.92 bits per heavy atom. The van der Waals surface area contributed by atoms with Crippen molar-refractivity contribution in [2.45, 2.75) is 0 Å². The van der Waals surface area contributed by atoms with Crippen LogP contribution in [0.1, 0.15) is 0 Å². The normalized spacial score (nSPS) is 9.75. The zero-order valence-electron chi connectivity index (χ0n) is 6.08. The number of carbonyl (C=O) groups is 1. The van der Waals surface area contributed by atoms with Gasteiger partial charge in [-0.2, -0.15) is 19.8 Å². The van der Waals surface area contributed by atoms with E-state index in [1.54, 1.807) is 11.3 Å². The summed E-state index contributed by atoms with van der Waals surface area (Å²) < 4.78 is 26.9. The molecule has 1 aromatic rings. The fourth-order valence-corrected chi connectivity index (χ4v) is 0.938. The summed E-state index contributed by atoms with van der Waals surface area (Å²) in [7, 11) is -4.04. The van der Waals surface area contributed by atoms with Crippen LogP contribution in [0.3, 0.4) is 0 Å². The van der Waals surface area contributed by atoms with E-state index in [0.29, 0.717) is 0 Å². The van der Waals surface area contributed by atoms with Crippen LogP contribution in [0.15, 0.2) is 22.9 Å². The van der Waals surface area contributed by atoms with Gasteiger partial charge in [0.25, 0.3) is 10.1 Å². The second-order valence-electron chi connectivity index (χ2n) is 1.71. The Bertz CT molecular complexity index is 270. The molecule has 0 bridgehead atoms. The van der Waals surface area contributed by atoms with Crippen LogP contribution in [0.4, 0.5) is 0 Å². The highest BCUT2D eigenvalue weighted by Crippen LogP contribution is 1.91. The zero-order chi connectivity index (χ0) is 9.45. The first kappa shape index (κ1) is 11.3. The van der Waals surface area contributed by atoms with Crippen LogP contribution in [-0.2, 0) is 14.9 Å². The molecule has 0 aromatic carbocycles. The Morgan fingerprint density at radius 2 is 1.83 bits per heavy atom. The Kier molecular flexibility index (Phi) is 5.52. The molecule has 0 saturated heterocycles. The predicted octanol–water partition coefficient (Wildman–Crippen LogP) is 0.821. The summed E-state index contributed by atoms with van der Waals surface area (Å²) in [5, 5.41) is 4.08. The molecule has 0 aliphatic carbocycles. The number of carbonyl (C=O) groups excluding carboxylic acids is 1. The molecule has 0 unspecified atom stereocenters. The predicted molar refractivity (Wildman–Crippen MR) is 46.8 cm³/mol. The third-order valence-corrected chi connectivity index (χ3v) is 1.89. The standard InChI is InChI=1S/C4H4S.C2H4O4S/c1-2-4-5-3-1;3-1-2-7(4,5)6/h1-4H;1H,2H2,(H,4,5,6). The first-order chi connectivity index (χ1) is 5.56. The van der Waals surface area contributed by atoms with Gasteiger partial charge < -0.3 is 4.79 Å². The molecule has 1 aromatic heterocycles. The molecule has 0 amide bonds. The van der Waals surface area contributed by atoms with Crippen molar-refractivity contribution in [2.24, 2.45) is 0 Å². The van der Waals surface area contributed by atoms with Gasteiger partial charge in [-0.25, -0.2) is 0 Å². The van der Waals surface area contributed by atoms with E-state index in [0.717, 1.165) is 0 Å². The van der Waals surface area contributed by atoms with E-state index in [9.17, 15) is 13.2 Å². The van der Waals surface area contributed by atoms with Gasteiger partial charge in [-0.05, 0) is 10.8 Å². The minimum atomic E-state index is -4.04. The van der Waals surface area contributed by atoms with E-state index < -0.39 is 15.9 Å². The lowest BCUT2D eigenvalue weighted by atomic mass is 10.7. The van der Waals surface area contributed by atoms with Gasteiger partial charge >= 0.3 is 0 Å². The summed E-state index contributed by atoms with van der Waals surface area (Å²) in [6, 6.07) is 4.04. The Hall–Kier alpha value is -0.720. The topological polar surface area (TPSA) is 71.4 Å². The Balaban J connectivity index is 0.000000211. The molecule has 0 spiro atoms. The van der Waals surface area contributed by atoms with Crippen molar-refractivity contribution in [1.82, 2.24) is 0 Å². The molecule has 0 saturated carbocycles. The van der Waals surface area contributed by atoms with Gasteiger partial charge in [0, 0.05) is 0 Å². The van der Waals surface area contributed by atoms with Crippen molar-refractivity contribution in [3.8, 4) is 0 Å². The van der Waals surface area contributed by atoms with Gasteiger partial charge in [0.2, 0.25) is 0 Å². The average molecular weight is 208 g/mol. The fraction of sp³-hybridized carbons (Fsp3) is 0.167. The van der Waals surface area contributed by atoms with E-state index in [1.165, 1.54) is 0 Å². The second kappa shape index (κ2) is 5.87. The summed E-state index contributed by atoms with van der Waals surface area (Å²) in [6.45, 7) is 0. The van der Waals surface area contributed by atoms with Crippen LogP contribution in [-0.4, -0.2) is 25.0 Å². The van der Waals surface area contributed by atoms with Gasteiger partial charge in [0.05, 0.1) is 0 Å². The van der Waals surface area contributed by atoms with E-state index >= 15 is 0 Å². The van der Waals surface area contributed by atoms with Crippen LogP contribution in [0.2, 0.25) is 0 Å². The summed E-state index contributed by atoms with van der Waals surface area (Å²) in [6.07, 6.45) is 0.120. The van der Waals surface area contributed by atoms with E-state index in [1.807, 2.05) is 22.9 Å². The first-order valence-electron chi connectivity index (χ1n) is 2.92. The van der Waals surface area contributed by atoms with Gasteiger partial charge in [-0.3, -0.25) is 4.55 Å². The highest BCUT2D eigenvalue weighted by atomic mass is 32.2. The van der Waals surface area contributed by atoms with Gasteiger partial charge in [-0.15, -0.1) is 0 Å². The van der Waals surface area contributed by atoms with E-state index in [2.05, 4.69) is 0 Å². The molecule has 12 heavy (non-hydrogen) atoms. The van der Waals surface area contributed by atoms with Crippen LogP contribution < -0.4 is 0 Å². The van der Waals surface area contributed by atoms with Crippen LogP contribution in [0.25, 0.3) is 0 Å². The summed E-state index contributed by atoms with van der Waals surface area (Å²) >= 11 is 1.71. The molecule has 0 radical (unpaired) electrons. The first-order valence-corrected chi connectivity index (χ1v) is 5.47. The van der Waals surface area contributed by atoms with Gasteiger partial charge in [0.15, 0.2) is 0 Å². The van der Waals surface area contributed by atoms with Crippen LogP contribution in [0, 0.1) is 0 Å². The third kappa shape index (κ3) is 9.28. The smallest absolute Gasteiger partial charge is 0.271 e. The number of rotatable bonds is 2. The summed E-state index contributed by atoms with van der Waals surface area (Å²) in [5.41, 5.74) is 0. The molecule has 68 valence electrons. The number of hydrogen-bond acceptors (Lipinski definition) is 4. The van der Waals surface area contributed by atoms with E-state index in [-0.39, 0.29) is 6.29 Å². The Labute approximate surface area is 74.6 Å². The van der Waals surface area contributed by atoms with Crippen molar-refractivity contribution in [3.63, 3.8) is 0 Å². The molecular formula is C6H8O4S2. The number of aldehydes is 1. The lowest BCUT2D eigenvalue weighted by Crippen LogP contribution is -2.03. The lowest BCUT2D eigenvalue weighted by Gasteiger charge is -1.79. The van der Waals surface area contributed by atoms with Crippen molar-refractivity contribution in [2.75, 3.05) is 5.75 Å². The molecule has 1 rings (SSSR count). The van der Waals surface area contributed by atoms with Crippen molar-refractivity contribution >= 4 is 27.7 Å². The molecule has 0 aliphatic heterocycles. The highest BCUT2D eigenvalue weighted by Gasteiger charge is 1.98. The maximum absolute atomic E-state index is 9.56. The molecule has 0 atom stereocenters. The third-order valence-electron chi connectivity index (χ3n) is 0.704. The number of thiophene rings is 1. The SMILES string of the molecule is O=CCS(=O)(=O)O.c1ccsc1. The molecule has 1 N–H and O–H groups in total. The molecule has 0 fully saturated rings. The van der Waals surface area contributed by atoms with Gasteiger partial charge in [0.1, 0.15) is 12.0 Å². The van der Waals surface area contributed by atoms with Crippen molar-refractivity contribution < 1.29 is 17.8 Å². The largest absolute Gasteiger partial charge is 0.302 e. The quantitative estimate of drug-likeness (QED) is 0.577. The monoisotopic (exact) mass is 208 g/mol. The summed E-state index contributed by atoms with van der Waals surface area (Å²) in [4.78, 5) is 9.28. The summed E-state index contributed by atoms with van der Waals surface area (Å²) in [5.74, 6) is -0.812. The van der Waals surface area contributed by atoms with Crippen molar-refractivity contribution in [1.29, 1.82) is 0 Å². The lowest BCUT2D eigenvalue weighted by molar-refractivity contribution is -0.105. The fourth-order valence-electron chi connectivity index (χ4n) is 0.313. The molecule has 6 heteroatoms. The maximum atomic E-state index is 9.56. The minimum absolute atomic E-state index is 0.120. The molecule has 1 heterocycles. The zero-order valence-corrected chi connectivity index (χ0v) is 7.72. The Morgan fingerprint density at radius 1 is 1.33 bits per heavy atom. The molecule has 0 aliphatic rings.